The normalized spacial score (nSPS) is 25.5. The van der Waals surface area contributed by atoms with E-state index in [4.69, 9.17) is 16.3 Å². The molecule has 6 heteroatoms. The first-order chi connectivity index (χ1) is 11.2. The van der Waals surface area contributed by atoms with Crippen molar-refractivity contribution in [2.45, 2.75) is 37.8 Å². The molecule has 1 atom stereocenters. The number of piperidine rings is 1. The second kappa shape index (κ2) is 7.16. The Labute approximate surface area is 142 Å². The van der Waals surface area contributed by atoms with Crippen LogP contribution in [0.25, 0.3) is 0 Å². The summed E-state index contributed by atoms with van der Waals surface area (Å²) >= 11 is 6.26. The first-order valence-electron chi connectivity index (χ1n) is 8.29. The molecule has 0 saturated carbocycles. The number of carbonyl (C=O) groups is 1. The predicted molar refractivity (Wildman–Crippen MR) is 89.3 cm³/mol. The molecule has 126 valence electrons. The number of carbonyl (C=O) groups excluding carboxylic acids is 1. The third-order valence-corrected chi connectivity index (χ3v) is 5.45. The van der Waals surface area contributed by atoms with Crippen LogP contribution in [-0.2, 0) is 16.1 Å². The van der Waals surface area contributed by atoms with Crippen LogP contribution in [0.2, 0.25) is 5.02 Å². The molecule has 0 aliphatic carbocycles. The molecule has 1 amide bonds. The largest absolute Gasteiger partial charge is 0.383 e. The highest BCUT2D eigenvalue weighted by Crippen LogP contribution is 2.39. The molecule has 23 heavy (non-hydrogen) atoms. The van der Waals surface area contributed by atoms with Crippen molar-refractivity contribution < 1.29 is 9.53 Å². The summed E-state index contributed by atoms with van der Waals surface area (Å²) in [5.41, 5.74) is 0.697. The summed E-state index contributed by atoms with van der Waals surface area (Å²) < 4.78 is 5.15. The molecule has 0 bridgehead atoms. The second-order valence-electron chi connectivity index (χ2n) is 6.41. The van der Waals surface area contributed by atoms with Crippen LogP contribution >= 0.6 is 11.6 Å². The highest BCUT2D eigenvalue weighted by atomic mass is 35.5. The molecule has 1 aromatic heterocycles. The fourth-order valence-electron chi connectivity index (χ4n) is 3.91. The Morgan fingerprint density at radius 3 is 2.87 bits per heavy atom. The maximum atomic E-state index is 13.1. The Balaban J connectivity index is 1.79. The molecule has 2 fully saturated rings. The molecule has 3 heterocycles. The maximum Gasteiger partial charge on any atom is 0.243 e. The second-order valence-corrected chi connectivity index (χ2v) is 6.82. The summed E-state index contributed by atoms with van der Waals surface area (Å²) in [6.07, 6.45) is 7.43. The molecule has 2 saturated heterocycles. The van der Waals surface area contributed by atoms with Crippen LogP contribution in [0.3, 0.4) is 0 Å². The standard InChI is InChI=1S/C17H24ClN3O2/c1-23-11-10-20-8-2-5-17(16(20)22)6-3-9-21(17)13-14-4-7-19-12-15(14)18/h4,7,12H,2-3,5-6,8-11,13H2,1H3. The number of likely N-dealkylation sites (tertiary alicyclic amines) is 2. The smallest absolute Gasteiger partial charge is 0.243 e. The van der Waals surface area contributed by atoms with E-state index in [-0.39, 0.29) is 11.4 Å². The van der Waals surface area contributed by atoms with E-state index in [1.807, 2.05) is 11.0 Å². The van der Waals surface area contributed by atoms with Crippen molar-refractivity contribution in [1.82, 2.24) is 14.8 Å². The number of ether oxygens (including phenoxy) is 1. The van der Waals surface area contributed by atoms with Crippen molar-refractivity contribution in [3.8, 4) is 0 Å². The molecule has 1 aromatic rings. The van der Waals surface area contributed by atoms with Gasteiger partial charge in [-0.05, 0) is 43.9 Å². The third-order valence-electron chi connectivity index (χ3n) is 5.11. The van der Waals surface area contributed by atoms with Crippen LogP contribution in [-0.4, -0.2) is 59.6 Å². The molecular weight excluding hydrogens is 314 g/mol. The fourth-order valence-corrected chi connectivity index (χ4v) is 4.09. The number of pyridine rings is 1. The zero-order chi connectivity index (χ0) is 16.3. The summed E-state index contributed by atoms with van der Waals surface area (Å²) in [6.45, 7) is 3.78. The van der Waals surface area contributed by atoms with Crippen LogP contribution < -0.4 is 0 Å². The lowest BCUT2D eigenvalue weighted by molar-refractivity contribution is -0.148. The van der Waals surface area contributed by atoms with Gasteiger partial charge in [-0.15, -0.1) is 0 Å². The number of aromatic nitrogens is 1. The average Bonchev–Trinajstić information content (AvgIpc) is 2.95. The molecule has 2 aliphatic rings. The molecule has 0 N–H and O–H groups in total. The van der Waals surface area contributed by atoms with Crippen molar-refractivity contribution in [2.24, 2.45) is 0 Å². The first kappa shape index (κ1) is 16.7. The number of amides is 1. The predicted octanol–water partition coefficient (Wildman–Crippen LogP) is 2.34. The number of hydrogen-bond donors (Lipinski definition) is 0. The number of halogens is 1. The van der Waals surface area contributed by atoms with Crippen molar-refractivity contribution in [3.63, 3.8) is 0 Å². The summed E-state index contributed by atoms with van der Waals surface area (Å²) in [5.74, 6) is 0.267. The minimum Gasteiger partial charge on any atom is -0.383 e. The van der Waals surface area contributed by atoms with E-state index in [0.717, 1.165) is 44.3 Å². The minimum atomic E-state index is -0.349. The van der Waals surface area contributed by atoms with E-state index >= 15 is 0 Å². The lowest BCUT2D eigenvalue weighted by Gasteiger charge is -2.44. The lowest BCUT2D eigenvalue weighted by atomic mass is 9.85. The van der Waals surface area contributed by atoms with Gasteiger partial charge in [0.05, 0.1) is 11.6 Å². The summed E-state index contributed by atoms with van der Waals surface area (Å²) in [4.78, 5) is 21.5. The van der Waals surface area contributed by atoms with Crippen LogP contribution in [0.4, 0.5) is 0 Å². The minimum absolute atomic E-state index is 0.267. The Morgan fingerprint density at radius 1 is 1.35 bits per heavy atom. The molecule has 2 aliphatic heterocycles. The van der Waals surface area contributed by atoms with Crippen LogP contribution in [0.1, 0.15) is 31.2 Å². The number of nitrogens with zero attached hydrogens (tertiary/aromatic N) is 3. The van der Waals surface area contributed by atoms with Gasteiger partial charge in [-0.3, -0.25) is 14.7 Å². The Morgan fingerprint density at radius 2 is 2.13 bits per heavy atom. The monoisotopic (exact) mass is 337 g/mol. The van der Waals surface area contributed by atoms with Gasteiger partial charge in [0.2, 0.25) is 5.91 Å². The van der Waals surface area contributed by atoms with Crippen LogP contribution in [0, 0.1) is 0 Å². The van der Waals surface area contributed by atoms with Gasteiger partial charge in [-0.2, -0.15) is 0 Å². The highest BCUT2D eigenvalue weighted by Gasteiger charge is 2.50. The molecule has 1 unspecified atom stereocenters. The lowest BCUT2D eigenvalue weighted by Crippen LogP contribution is -2.60. The van der Waals surface area contributed by atoms with E-state index < -0.39 is 0 Å². The Bertz CT molecular complexity index is 569. The van der Waals surface area contributed by atoms with Crippen molar-refractivity contribution in [2.75, 3.05) is 33.4 Å². The molecule has 0 radical (unpaired) electrons. The van der Waals surface area contributed by atoms with Gasteiger partial charge in [0, 0.05) is 39.1 Å². The van der Waals surface area contributed by atoms with E-state index in [9.17, 15) is 4.79 Å². The Kier molecular flexibility index (Phi) is 5.19. The van der Waals surface area contributed by atoms with Crippen molar-refractivity contribution in [3.05, 3.63) is 29.0 Å². The average molecular weight is 338 g/mol. The fraction of sp³-hybridized carbons (Fsp3) is 0.647. The molecular formula is C17H24ClN3O2. The van der Waals surface area contributed by atoms with E-state index in [0.29, 0.717) is 24.7 Å². The summed E-state index contributed by atoms with van der Waals surface area (Å²) in [5, 5.41) is 0.675. The van der Waals surface area contributed by atoms with Gasteiger partial charge >= 0.3 is 0 Å². The van der Waals surface area contributed by atoms with E-state index in [1.54, 1.807) is 19.5 Å². The van der Waals surface area contributed by atoms with Gasteiger partial charge in [-0.1, -0.05) is 11.6 Å². The zero-order valence-electron chi connectivity index (χ0n) is 13.6. The molecule has 5 nitrogen and oxygen atoms in total. The topological polar surface area (TPSA) is 45.7 Å². The van der Waals surface area contributed by atoms with Gasteiger partial charge in [0.15, 0.2) is 0 Å². The van der Waals surface area contributed by atoms with Gasteiger partial charge in [0.1, 0.15) is 5.54 Å². The van der Waals surface area contributed by atoms with Crippen molar-refractivity contribution in [1.29, 1.82) is 0 Å². The van der Waals surface area contributed by atoms with Gasteiger partial charge in [0.25, 0.3) is 0 Å². The van der Waals surface area contributed by atoms with E-state index in [1.165, 1.54) is 0 Å². The summed E-state index contributed by atoms with van der Waals surface area (Å²) in [6, 6.07) is 1.95. The first-order valence-corrected chi connectivity index (χ1v) is 8.67. The number of methoxy groups -OCH3 is 1. The molecule has 1 spiro atoms. The Hall–Kier alpha value is -1.17. The van der Waals surface area contributed by atoms with Crippen molar-refractivity contribution >= 4 is 17.5 Å². The van der Waals surface area contributed by atoms with Gasteiger partial charge in [-0.25, -0.2) is 0 Å². The molecule has 3 rings (SSSR count). The maximum absolute atomic E-state index is 13.1. The van der Waals surface area contributed by atoms with Crippen LogP contribution in [0.5, 0.6) is 0 Å². The zero-order valence-corrected chi connectivity index (χ0v) is 14.4. The molecule has 0 aromatic carbocycles. The number of rotatable bonds is 5. The SMILES string of the molecule is COCCN1CCCC2(CCCN2Cc2ccncc2Cl)C1=O. The third kappa shape index (κ3) is 3.23. The van der Waals surface area contributed by atoms with E-state index in [2.05, 4.69) is 9.88 Å². The highest BCUT2D eigenvalue weighted by molar-refractivity contribution is 6.31. The van der Waals surface area contributed by atoms with Crippen LogP contribution in [0.15, 0.2) is 18.5 Å². The summed E-state index contributed by atoms with van der Waals surface area (Å²) in [7, 11) is 1.68. The van der Waals surface area contributed by atoms with Gasteiger partial charge < -0.3 is 9.64 Å². The quantitative estimate of drug-likeness (QED) is 0.827. The number of hydrogen-bond acceptors (Lipinski definition) is 4.